The van der Waals surface area contributed by atoms with Crippen molar-refractivity contribution in [1.29, 1.82) is 0 Å². The molecule has 0 atom stereocenters. The van der Waals surface area contributed by atoms with Crippen LogP contribution < -0.4 is 0 Å². The van der Waals surface area contributed by atoms with Crippen LogP contribution in [0.5, 0.6) is 0 Å². The van der Waals surface area contributed by atoms with Crippen LogP contribution >= 0.6 is 22.7 Å². The third-order valence-corrected chi connectivity index (χ3v) is 9.05. The minimum Gasteiger partial charge on any atom is -0.134 e. The maximum atomic E-state index is 2.46. The Balaban J connectivity index is 1.45. The zero-order chi connectivity index (χ0) is 21.5. The van der Waals surface area contributed by atoms with E-state index in [0.717, 1.165) is 0 Å². The smallest absolute Gasteiger partial charge is 0.0542 e. The molecule has 2 heteroatoms. The van der Waals surface area contributed by atoms with Gasteiger partial charge in [0.1, 0.15) is 0 Å². The standard InChI is InChI=1S/C30H26S2/c1-2-3-4-6-9-20-12-15-27-25(16-20)29-30(31-27)26-18-24-17-22(21-10-7-5-8-11-21)13-14-23(24)19-28(26)32-29/h5,7-8,10-19H,2-4,6,9H2,1H3. The number of unbranched alkanes of at least 4 members (excludes halogenated alkanes) is 3. The summed E-state index contributed by atoms with van der Waals surface area (Å²) in [4.78, 5) is 0. The molecule has 0 nitrogen and oxygen atoms in total. The summed E-state index contributed by atoms with van der Waals surface area (Å²) < 4.78 is 5.74. The predicted molar refractivity (Wildman–Crippen MR) is 146 cm³/mol. The van der Waals surface area contributed by atoms with E-state index < -0.39 is 0 Å². The SMILES string of the molecule is CCCCCCc1ccc2sc3c4cc5cc(-c6ccccc6)ccc5cc4sc3c2c1. The minimum atomic E-state index is 1.20. The van der Waals surface area contributed by atoms with Crippen LogP contribution in [0.3, 0.4) is 0 Å². The summed E-state index contributed by atoms with van der Waals surface area (Å²) in [5.74, 6) is 0. The Morgan fingerprint density at radius 2 is 1.41 bits per heavy atom. The first kappa shape index (κ1) is 20.0. The number of hydrogen-bond donors (Lipinski definition) is 0. The van der Waals surface area contributed by atoms with Crippen LogP contribution in [0.25, 0.3) is 51.5 Å². The van der Waals surface area contributed by atoms with Gasteiger partial charge in [0, 0.05) is 20.2 Å². The van der Waals surface area contributed by atoms with Gasteiger partial charge in [0.15, 0.2) is 0 Å². The minimum absolute atomic E-state index is 1.20. The first-order valence-electron chi connectivity index (χ1n) is 11.7. The molecule has 0 aliphatic carbocycles. The van der Waals surface area contributed by atoms with Crippen LogP contribution in [0.15, 0.2) is 78.9 Å². The van der Waals surface area contributed by atoms with E-state index in [1.807, 2.05) is 22.7 Å². The van der Waals surface area contributed by atoms with Gasteiger partial charge in [-0.1, -0.05) is 74.7 Å². The van der Waals surface area contributed by atoms with Gasteiger partial charge in [0.05, 0.1) is 9.40 Å². The van der Waals surface area contributed by atoms with Crippen molar-refractivity contribution in [2.24, 2.45) is 0 Å². The van der Waals surface area contributed by atoms with Crippen molar-refractivity contribution in [1.82, 2.24) is 0 Å². The van der Waals surface area contributed by atoms with Crippen LogP contribution in [0, 0.1) is 0 Å². The fourth-order valence-corrected chi connectivity index (χ4v) is 7.42. The van der Waals surface area contributed by atoms with Gasteiger partial charge in [-0.15, -0.1) is 22.7 Å². The lowest BCUT2D eigenvalue weighted by atomic mass is 10.0. The topological polar surface area (TPSA) is 0 Å². The summed E-state index contributed by atoms with van der Waals surface area (Å²) >= 11 is 3.92. The van der Waals surface area contributed by atoms with Gasteiger partial charge in [-0.3, -0.25) is 0 Å². The van der Waals surface area contributed by atoms with Gasteiger partial charge >= 0.3 is 0 Å². The van der Waals surface area contributed by atoms with Gasteiger partial charge in [0.25, 0.3) is 0 Å². The highest BCUT2D eigenvalue weighted by Gasteiger charge is 2.14. The molecule has 0 N–H and O–H groups in total. The quantitative estimate of drug-likeness (QED) is 0.221. The first-order valence-corrected chi connectivity index (χ1v) is 13.3. The molecule has 0 aliphatic rings. The van der Waals surface area contributed by atoms with E-state index in [4.69, 9.17) is 0 Å². The van der Waals surface area contributed by atoms with Gasteiger partial charge in [0.2, 0.25) is 0 Å². The van der Waals surface area contributed by atoms with Crippen molar-refractivity contribution >= 4 is 63.0 Å². The molecule has 0 bridgehead atoms. The molecule has 0 unspecified atom stereocenters. The summed E-state index contributed by atoms with van der Waals surface area (Å²) in [6.07, 6.45) is 6.49. The van der Waals surface area contributed by atoms with E-state index in [-0.39, 0.29) is 0 Å². The normalized spacial score (nSPS) is 11.9. The lowest BCUT2D eigenvalue weighted by Crippen LogP contribution is -1.85. The maximum absolute atomic E-state index is 2.46. The van der Waals surface area contributed by atoms with E-state index in [1.54, 1.807) is 0 Å². The monoisotopic (exact) mass is 450 g/mol. The highest BCUT2D eigenvalue weighted by molar-refractivity contribution is 7.36. The second-order valence-corrected chi connectivity index (χ2v) is 10.9. The van der Waals surface area contributed by atoms with Crippen LogP contribution in [-0.4, -0.2) is 0 Å². The van der Waals surface area contributed by atoms with Crippen LogP contribution in [0.2, 0.25) is 0 Å². The molecule has 6 rings (SSSR count). The molecule has 2 aromatic heterocycles. The van der Waals surface area contributed by atoms with Gasteiger partial charge in [-0.2, -0.15) is 0 Å². The predicted octanol–water partition coefficient (Wildman–Crippen LogP) is 10.2. The van der Waals surface area contributed by atoms with E-state index >= 15 is 0 Å². The zero-order valence-electron chi connectivity index (χ0n) is 18.4. The number of fused-ring (bicyclic) bond motifs is 6. The Hall–Kier alpha value is -2.68. The molecule has 4 aromatic carbocycles. The number of hydrogen-bond acceptors (Lipinski definition) is 2. The maximum Gasteiger partial charge on any atom is 0.0542 e. The molecule has 2 heterocycles. The summed E-state index contributed by atoms with van der Waals surface area (Å²) in [6, 6.07) is 29.5. The second kappa shape index (κ2) is 8.35. The average molecular weight is 451 g/mol. The first-order chi connectivity index (χ1) is 15.8. The van der Waals surface area contributed by atoms with Crippen molar-refractivity contribution in [2.45, 2.75) is 39.0 Å². The average Bonchev–Trinajstić information content (AvgIpc) is 3.36. The Kier molecular flexibility index (Phi) is 5.21. The zero-order valence-corrected chi connectivity index (χ0v) is 20.0. The van der Waals surface area contributed by atoms with E-state index in [9.17, 15) is 0 Å². The second-order valence-electron chi connectivity index (χ2n) is 8.78. The number of aryl methyl sites for hydroxylation is 1. The van der Waals surface area contributed by atoms with E-state index in [0.29, 0.717) is 0 Å². The summed E-state index contributed by atoms with van der Waals surface area (Å²) in [5, 5.41) is 5.52. The molecule has 0 amide bonds. The van der Waals surface area contributed by atoms with Crippen molar-refractivity contribution in [3.8, 4) is 11.1 Å². The molecule has 0 fully saturated rings. The molecule has 158 valence electrons. The van der Waals surface area contributed by atoms with Crippen molar-refractivity contribution in [2.75, 3.05) is 0 Å². The van der Waals surface area contributed by atoms with Crippen LogP contribution in [0.4, 0.5) is 0 Å². The van der Waals surface area contributed by atoms with Gasteiger partial charge in [-0.05, 0) is 70.6 Å². The highest BCUT2D eigenvalue weighted by atomic mass is 32.1. The fraction of sp³-hybridized carbons (Fsp3) is 0.200. The summed E-state index contributed by atoms with van der Waals surface area (Å²) in [5.41, 5.74) is 4.05. The highest BCUT2D eigenvalue weighted by Crippen LogP contribution is 2.45. The van der Waals surface area contributed by atoms with Gasteiger partial charge in [-0.25, -0.2) is 0 Å². The Bertz CT molecular complexity index is 1550. The van der Waals surface area contributed by atoms with Crippen LogP contribution in [-0.2, 0) is 6.42 Å². The van der Waals surface area contributed by atoms with Crippen molar-refractivity contribution < 1.29 is 0 Å². The molecule has 32 heavy (non-hydrogen) atoms. The van der Waals surface area contributed by atoms with Crippen molar-refractivity contribution in [3.05, 3.63) is 84.4 Å². The molecule has 0 radical (unpaired) electrons. The Morgan fingerprint density at radius 3 is 2.25 bits per heavy atom. The molecule has 0 aliphatic heterocycles. The van der Waals surface area contributed by atoms with Gasteiger partial charge < -0.3 is 0 Å². The Labute approximate surface area is 197 Å². The largest absolute Gasteiger partial charge is 0.134 e. The Morgan fingerprint density at radius 1 is 0.594 bits per heavy atom. The molecular weight excluding hydrogens is 424 g/mol. The van der Waals surface area contributed by atoms with E-state index in [1.165, 1.54) is 89.1 Å². The molecule has 0 spiro atoms. The number of benzene rings is 4. The molecule has 0 saturated heterocycles. The third-order valence-electron chi connectivity index (χ3n) is 6.53. The summed E-state index contributed by atoms with van der Waals surface area (Å²) in [6.45, 7) is 2.28. The van der Waals surface area contributed by atoms with Crippen LogP contribution in [0.1, 0.15) is 38.2 Å². The third kappa shape index (κ3) is 3.52. The summed E-state index contributed by atoms with van der Waals surface area (Å²) in [7, 11) is 0. The van der Waals surface area contributed by atoms with Crippen molar-refractivity contribution in [3.63, 3.8) is 0 Å². The molecule has 0 saturated carbocycles. The molecular formula is C30H26S2. The fourth-order valence-electron chi connectivity index (χ4n) is 4.77. The lowest BCUT2D eigenvalue weighted by molar-refractivity contribution is 0.667. The number of rotatable bonds is 6. The lowest BCUT2D eigenvalue weighted by Gasteiger charge is -2.05. The van der Waals surface area contributed by atoms with E-state index in [2.05, 4.69) is 85.8 Å². The molecule has 6 aromatic rings. The number of thiophene rings is 2.